The Balaban J connectivity index is 1.64. The Labute approximate surface area is 128 Å². The van der Waals surface area contributed by atoms with Crippen LogP contribution in [0.2, 0.25) is 0 Å². The van der Waals surface area contributed by atoms with E-state index in [9.17, 15) is 4.79 Å². The Kier molecular flexibility index (Phi) is 4.10. The fourth-order valence-electron chi connectivity index (χ4n) is 2.71. The molecule has 0 unspecified atom stereocenters. The van der Waals surface area contributed by atoms with E-state index in [1.54, 1.807) is 11.3 Å². The van der Waals surface area contributed by atoms with Gasteiger partial charge in [-0.25, -0.2) is 4.98 Å². The molecule has 0 radical (unpaired) electrons. The average molecular weight is 304 g/mol. The van der Waals surface area contributed by atoms with Crippen LogP contribution in [0, 0.1) is 6.92 Å². The fourth-order valence-corrected chi connectivity index (χ4v) is 3.66. The number of carbonyl (C=O) groups excluding carboxylic acids is 1. The van der Waals surface area contributed by atoms with Crippen LogP contribution in [0.15, 0.2) is 18.2 Å². The van der Waals surface area contributed by atoms with Crippen LogP contribution < -0.4 is 4.74 Å². The molecule has 0 aliphatic carbocycles. The summed E-state index contributed by atoms with van der Waals surface area (Å²) in [5.41, 5.74) is 2.22. The van der Waals surface area contributed by atoms with Gasteiger partial charge in [0.25, 0.3) is 5.19 Å². The summed E-state index contributed by atoms with van der Waals surface area (Å²) in [4.78, 5) is 18.2. The number of ether oxygens (including phenoxy) is 1. The average Bonchev–Trinajstić information content (AvgIpc) is 2.91. The van der Waals surface area contributed by atoms with E-state index in [1.807, 2.05) is 11.8 Å². The molecule has 1 aromatic heterocycles. The van der Waals surface area contributed by atoms with Crippen molar-refractivity contribution >= 4 is 27.5 Å². The van der Waals surface area contributed by atoms with Gasteiger partial charge in [0, 0.05) is 32.4 Å². The molecule has 21 heavy (non-hydrogen) atoms. The van der Waals surface area contributed by atoms with Crippen LogP contribution in [0.1, 0.15) is 31.7 Å². The second kappa shape index (κ2) is 6.02. The topological polar surface area (TPSA) is 42.4 Å². The van der Waals surface area contributed by atoms with Crippen molar-refractivity contribution in [3.8, 4) is 5.19 Å². The van der Waals surface area contributed by atoms with Gasteiger partial charge in [0.1, 0.15) is 6.10 Å². The summed E-state index contributed by atoms with van der Waals surface area (Å²) in [5, 5.41) is 0.750. The Morgan fingerprint density at radius 3 is 2.86 bits per heavy atom. The van der Waals surface area contributed by atoms with Gasteiger partial charge in [0.15, 0.2) is 0 Å². The molecule has 5 heteroatoms. The minimum atomic E-state index is 0.173. The Hall–Kier alpha value is -1.62. The van der Waals surface area contributed by atoms with Crippen LogP contribution in [-0.4, -0.2) is 35.0 Å². The summed E-state index contributed by atoms with van der Waals surface area (Å²) in [7, 11) is 0. The second-order valence-electron chi connectivity index (χ2n) is 5.45. The summed E-state index contributed by atoms with van der Waals surface area (Å²) >= 11 is 1.60. The molecule has 1 aliphatic rings. The molecule has 0 spiro atoms. The third-order valence-electron chi connectivity index (χ3n) is 3.97. The number of thiazole rings is 1. The Bertz CT molecular complexity index is 645. The van der Waals surface area contributed by atoms with Gasteiger partial charge in [0.2, 0.25) is 5.91 Å². The van der Waals surface area contributed by atoms with E-state index in [1.165, 1.54) is 10.3 Å². The Morgan fingerprint density at radius 1 is 1.43 bits per heavy atom. The smallest absolute Gasteiger partial charge is 0.274 e. The molecular formula is C16H20N2O2S. The second-order valence-corrected chi connectivity index (χ2v) is 6.45. The SMILES string of the molecule is CCC(=O)N1CCC(Oc2nc3c(C)cccc3s2)CC1. The van der Waals surface area contributed by atoms with Crippen molar-refractivity contribution in [2.45, 2.75) is 39.2 Å². The lowest BCUT2D eigenvalue weighted by Crippen LogP contribution is -2.41. The van der Waals surface area contributed by atoms with Gasteiger partial charge in [-0.15, -0.1) is 0 Å². The summed E-state index contributed by atoms with van der Waals surface area (Å²) in [5.74, 6) is 0.240. The predicted molar refractivity (Wildman–Crippen MR) is 84.9 cm³/mol. The van der Waals surface area contributed by atoms with E-state index in [4.69, 9.17) is 4.74 Å². The standard InChI is InChI=1S/C16H20N2O2S/c1-3-14(19)18-9-7-12(8-10-18)20-16-17-15-11(2)5-4-6-13(15)21-16/h4-6,12H,3,7-10H2,1-2H3. The van der Waals surface area contributed by atoms with Gasteiger partial charge >= 0.3 is 0 Å². The number of hydrogen-bond donors (Lipinski definition) is 0. The summed E-state index contributed by atoms with van der Waals surface area (Å²) in [6.45, 7) is 5.57. The molecule has 0 atom stereocenters. The maximum Gasteiger partial charge on any atom is 0.274 e. The first kappa shape index (κ1) is 14.3. The molecule has 1 aromatic carbocycles. The minimum absolute atomic E-state index is 0.173. The van der Waals surface area contributed by atoms with Crippen molar-refractivity contribution in [1.82, 2.24) is 9.88 Å². The molecule has 2 aromatic rings. The molecule has 1 aliphatic heterocycles. The number of aromatic nitrogens is 1. The first-order chi connectivity index (χ1) is 10.2. The van der Waals surface area contributed by atoms with E-state index >= 15 is 0 Å². The zero-order valence-electron chi connectivity index (χ0n) is 12.5. The highest BCUT2D eigenvalue weighted by molar-refractivity contribution is 7.20. The monoisotopic (exact) mass is 304 g/mol. The van der Waals surface area contributed by atoms with Crippen LogP contribution in [0.4, 0.5) is 0 Å². The number of piperidine rings is 1. The van der Waals surface area contributed by atoms with E-state index in [0.29, 0.717) is 6.42 Å². The number of aryl methyl sites for hydroxylation is 1. The highest BCUT2D eigenvalue weighted by Gasteiger charge is 2.23. The molecule has 0 N–H and O–H groups in total. The molecule has 1 fully saturated rings. The highest BCUT2D eigenvalue weighted by atomic mass is 32.1. The van der Waals surface area contributed by atoms with Gasteiger partial charge in [-0.3, -0.25) is 4.79 Å². The zero-order valence-corrected chi connectivity index (χ0v) is 13.3. The van der Waals surface area contributed by atoms with Gasteiger partial charge in [-0.2, -0.15) is 0 Å². The molecular weight excluding hydrogens is 284 g/mol. The molecule has 3 rings (SSSR count). The maximum absolute atomic E-state index is 11.7. The van der Waals surface area contributed by atoms with Gasteiger partial charge in [-0.1, -0.05) is 30.4 Å². The molecule has 112 valence electrons. The van der Waals surface area contributed by atoms with Crippen molar-refractivity contribution in [2.24, 2.45) is 0 Å². The minimum Gasteiger partial charge on any atom is -0.467 e. The third kappa shape index (κ3) is 3.02. The molecule has 4 nitrogen and oxygen atoms in total. The van der Waals surface area contributed by atoms with Crippen molar-refractivity contribution in [3.63, 3.8) is 0 Å². The predicted octanol–water partition coefficient (Wildman–Crippen LogP) is 3.38. The van der Waals surface area contributed by atoms with E-state index in [2.05, 4.69) is 30.1 Å². The molecule has 1 amide bonds. The van der Waals surface area contributed by atoms with Crippen molar-refractivity contribution in [1.29, 1.82) is 0 Å². The molecule has 1 saturated heterocycles. The normalized spacial score (nSPS) is 16.4. The van der Waals surface area contributed by atoms with E-state index in [0.717, 1.165) is 36.6 Å². The number of fused-ring (bicyclic) bond motifs is 1. The number of carbonyl (C=O) groups is 1. The largest absolute Gasteiger partial charge is 0.467 e. The highest BCUT2D eigenvalue weighted by Crippen LogP contribution is 2.31. The maximum atomic E-state index is 11.7. The Morgan fingerprint density at radius 2 is 2.19 bits per heavy atom. The quantitative estimate of drug-likeness (QED) is 0.873. The van der Waals surface area contributed by atoms with Gasteiger partial charge < -0.3 is 9.64 Å². The van der Waals surface area contributed by atoms with Gasteiger partial charge in [-0.05, 0) is 18.6 Å². The van der Waals surface area contributed by atoms with Crippen molar-refractivity contribution in [3.05, 3.63) is 23.8 Å². The molecule has 0 bridgehead atoms. The number of hydrogen-bond acceptors (Lipinski definition) is 4. The number of rotatable bonds is 3. The van der Waals surface area contributed by atoms with Crippen LogP contribution >= 0.6 is 11.3 Å². The van der Waals surface area contributed by atoms with Crippen LogP contribution in [0.5, 0.6) is 5.19 Å². The summed E-state index contributed by atoms with van der Waals surface area (Å²) < 4.78 is 7.20. The first-order valence-corrected chi connectivity index (χ1v) is 8.29. The van der Waals surface area contributed by atoms with E-state index < -0.39 is 0 Å². The van der Waals surface area contributed by atoms with Crippen LogP contribution in [0.3, 0.4) is 0 Å². The fraction of sp³-hybridized carbons (Fsp3) is 0.500. The zero-order chi connectivity index (χ0) is 14.8. The summed E-state index contributed by atoms with van der Waals surface area (Å²) in [6.07, 6.45) is 2.54. The lowest BCUT2D eigenvalue weighted by atomic mass is 10.1. The van der Waals surface area contributed by atoms with Crippen molar-refractivity contribution < 1.29 is 9.53 Å². The van der Waals surface area contributed by atoms with E-state index in [-0.39, 0.29) is 12.0 Å². The number of amides is 1. The summed E-state index contributed by atoms with van der Waals surface area (Å²) in [6, 6.07) is 6.20. The van der Waals surface area contributed by atoms with Crippen LogP contribution in [-0.2, 0) is 4.79 Å². The number of benzene rings is 1. The van der Waals surface area contributed by atoms with Crippen LogP contribution in [0.25, 0.3) is 10.2 Å². The first-order valence-electron chi connectivity index (χ1n) is 7.48. The lowest BCUT2D eigenvalue weighted by Gasteiger charge is -2.31. The number of nitrogens with zero attached hydrogens (tertiary/aromatic N) is 2. The number of likely N-dealkylation sites (tertiary alicyclic amines) is 1. The molecule has 0 saturated carbocycles. The van der Waals surface area contributed by atoms with Crippen molar-refractivity contribution in [2.75, 3.05) is 13.1 Å². The number of para-hydroxylation sites is 1. The lowest BCUT2D eigenvalue weighted by molar-refractivity contribution is -0.132. The third-order valence-corrected chi connectivity index (χ3v) is 4.88. The van der Waals surface area contributed by atoms with Gasteiger partial charge in [0.05, 0.1) is 10.2 Å². The molecule has 2 heterocycles.